The Morgan fingerprint density at radius 1 is 0.379 bits per heavy atom. The number of nitrogens with zero attached hydrogens (tertiary/aromatic N) is 3. The fraction of sp³-hybridized carbons (Fsp3) is 0. The summed E-state index contributed by atoms with van der Waals surface area (Å²) in [5.74, 6) is 0.706. The van der Waals surface area contributed by atoms with Gasteiger partial charge in [-0.2, -0.15) is 0 Å². The lowest BCUT2D eigenvalue weighted by Crippen LogP contribution is -1.96. The standard InChI is InChI=1S/C53H31N3OS/c1-3-12-34(13-4-1)51-41-28-27-37-42-30-36(26-29-46(42)57-52(37)50(41)38-16-7-9-19-43(38)54-51)32-22-24-33(25-23-32)44-31-45(56-53(55-44)35-14-5-2-6-15-35)39-18-11-21-48-49(39)40-17-8-10-20-47(40)58-48/h1-31H. The second kappa shape index (κ2) is 13.1. The first-order chi connectivity index (χ1) is 28.7. The molecule has 4 aromatic heterocycles. The molecule has 12 aromatic rings. The molecule has 0 amide bonds. The van der Waals surface area contributed by atoms with E-state index in [1.54, 1.807) is 0 Å². The van der Waals surface area contributed by atoms with Gasteiger partial charge in [0.1, 0.15) is 11.2 Å². The van der Waals surface area contributed by atoms with Crippen LogP contribution in [0.3, 0.4) is 0 Å². The van der Waals surface area contributed by atoms with Crippen LogP contribution < -0.4 is 0 Å². The van der Waals surface area contributed by atoms with Gasteiger partial charge in [-0.25, -0.2) is 15.0 Å². The lowest BCUT2D eigenvalue weighted by Gasteiger charge is -2.11. The molecule has 0 N–H and O–H groups in total. The van der Waals surface area contributed by atoms with Gasteiger partial charge in [-0.05, 0) is 53.6 Å². The fourth-order valence-corrected chi connectivity index (χ4v) is 9.67. The van der Waals surface area contributed by atoms with Gasteiger partial charge in [0.05, 0.1) is 22.6 Å². The van der Waals surface area contributed by atoms with Crippen LogP contribution in [-0.4, -0.2) is 15.0 Å². The van der Waals surface area contributed by atoms with Gasteiger partial charge >= 0.3 is 0 Å². The van der Waals surface area contributed by atoms with Gasteiger partial charge in [0.25, 0.3) is 0 Å². The minimum Gasteiger partial charge on any atom is -0.455 e. The van der Waals surface area contributed by atoms with Crippen LogP contribution in [0.2, 0.25) is 0 Å². The highest BCUT2D eigenvalue weighted by Crippen LogP contribution is 2.43. The highest BCUT2D eigenvalue weighted by molar-refractivity contribution is 7.25. The maximum absolute atomic E-state index is 6.73. The number of fused-ring (bicyclic) bond motifs is 10. The molecule has 4 heterocycles. The zero-order valence-electron chi connectivity index (χ0n) is 31.1. The smallest absolute Gasteiger partial charge is 0.160 e. The van der Waals surface area contributed by atoms with Crippen LogP contribution in [0, 0.1) is 0 Å². The number of hydrogen-bond donors (Lipinski definition) is 0. The van der Waals surface area contributed by atoms with Crippen molar-refractivity contribution in [3.8, 4) is 56.3 Å². The van der Waals surface area contributed by atoms with Gasteiger partial charge in [0, 0.05) is 69.4 Å². The van der Waals surface area contributed by atoms with Gasteiger partial charge in [0.2, 0.25) is 0 Å². The summed E-state index contributed by atoms with van der Waals surface area (Å²) in [7, 11) is 0. The molecule has 0 saturated heterocycles. The quantitative estimate of drug-likeness (QED) is 0.164. The van der Waals surface area contributed by atoms with Crippen molar-refractivity contribution in [3.63, 3.8) is 0 Å². The summed E-state index contributed by atoms with van der Waals surface area (Å²) in [6, 6.07) is 65.9. The van der Waals surface area contributed by atoms with E-state index in [1.807, 2.05) is 41.7 Å². The molecule has 0 aliphatic rings. The Labute approximate surface area is 337 Å². The first-order valence-corrected chi connectivity index (χ1v) is 20.2. The van der Waals surface area contributed by atoms with Crippen molar-refractivity contribution >= 4 is 75.1 Å². The van der Waals surface area contributed by atoms with E-state index < -0.39 is 0 Å². The number of furan rings is 1. The molecule has 58 heavy (non-hydrogen) atoms. The molecule has 4 nitrogen and oxygen atoms in total. The molecule has 12 rings (SSSR count). The molecule has 0 bridgehead atoms. The maximum atomic E-state index is 6.73. The number of para-hydroxylation sites is 1. The fourth-order valence-electron chi connectivity index (χ4n) is 8.53. The third-order valence-corrected chi connectivity index (χ3v) is 12.4. The van der Waals surface area contributed by atoms with Crippen molar-refractivity contribution in [2.24, 2.45) is 0 Å². The largest absolute Gasteiger partial charge is 0.455 e. The van der Waals surface area contributed by atoms with Gasteiger partial charge in [-0.1, -0.05) is 146 Å². The Bertz CT molecular complexity index is 3550. The van der Waals surface area contributed by atoms with Crippen molar-refractivity contribution in [2.45, 2.75) is 0 Å². The predicted molar refractivity (Wildman–Crippen MR) is 242 cm³/mol. The van der Waals surface area contributed by atoms with Crippen LogP contribution in [0.4, 0.5) is 0 Å². The molecule has 0 spiro atoms. The average Bonchev–Trinajstić information content (AvgIpc) is 3.87. The summed E-state index contributed by atoms with van der Waals surface area (Å²) in [6.45, 7) is 0. The predicted octanol–water partition coefficient (Wildman–Crippen LogP) is 14.8. The van der Waals surface area contributed by atoms with Crippen LogP contribution in [0.25, 0.3) is 120 Å². The number of benzene rings is 8. The molecular weight excluding hydrogens is 727 g/mol. The Balaban J connectivity index is 0.973. The van der Waals surface area contributed by atoms with Crippen molar-refractivity contribution in [1.82, 2.24) is 15.0 Å². The lowest BCUT2D eigenvalue weighted by molar-refractivity contribution is 0.673. The highest BCUT2D eigenvalue weighted by Gasteiger charge is 2.19. The van der Waals surface area contributed by atoms with E-state index in [-0.39, 0.29) is 0 Å². The first-order valence-electron chi connectivity index (χ1n) is 19.4. The van der Waals surface area contributed by atoms with E-state index in [1.165, 1.54) is 20.2 Å². The molecule has 0 unspecified atom stereocenters. The molecule has 0 atom stereocenters. The first kappa shape index (κ1) is 32.7. The molecule has 270 valence electrons. The number of thiophene rings is 1. The normalized spacial score (nSPS) is 11.8. The van der Waals surface area contributed by atoms with Crippen LogP contribution in [0.1, 0.15) is 0 Å². The summed E-state index contributed by atoms with van der Waals surface area (Å²) in [6.07, 6.45) is 0. The van der Waals surface area contributed by atoms with Gasteiger partial charge < -0.3 is 4.42 Å². The third-order valence-electron chi connectivity index (χ3n) is 11.3. The van der Waals surface area contributed by atoms with Crippen LogP contribution in [0.15, 0.2) is 192 Å². The van der Waals surface area contributed by atoms with Gasteiger partial charge in [-0.3, -0.25) is 0 Å². The number of hydrogen-bond acceptors (Lipinski definition) is 5. The molecule has 0 radical (unpaired) electrons. The zero-order valence-corrected chi connectivity index (χ0v) is 31.9. The Morgan fingerprint density at radius 2 is 1.05 bits per heavy atom. The Kier molecular flexibility index (Phi) is 7.37. The zero-order chi connectivity index (χ0) is 38.2. The second-order valence-electron chi connectivity index (χ2n) is 14.7. The minimum absolute atomic E-state index is 0.706. The highest BCUT2D eigenvalue weighted by atomic mass is 32.1. The van der Waals surface area contributed by atoms with Crippen molar-refractivity contribution < 1.29 is 4.42 Å². The van der Waals surface area contributed by atoms with E-state index in [4.69, 9.17) is 19.4 Å². The summed E-state index contributed by atoms with van der Waals surface area (Å²) in [4.78, 5) is 15.5. The van der Waals surface area contributed by atoms with Crippen LogP contribution in [-0.2, 0) is 0 Å². The van der Waals surface area contributed by atoms with Crippen molar-refractivity contribution in [1.29, 1.82) is 0 Å². The average molecular weight is 758 g/mol. The molecule has 8 aromatic carbocycles. The molecule has 5 heteroatoms. The van der Waals surface area contributed by atoms with E-state index in [0.29, 0.717) is 5.82 Å². The van der Waals surface area contributed by atoms with E-state index >= 15 is 0 Å². The molecule has 0 aliphatic carbocycles. The van der Waals surface area contributed by atoms with E-state index in [2.05, 4.69) is 158 Å². The summed E-state index contributed by atoms with van der Waals surface area (Å²) in [5.41, 5.74) is 11.9. The van der Waals surface area contributed by atoms with Crippen LogP contribution in [0.5, 0.6) is 0 Å². The number of aromatic nitrogens is 3. The van der Waals surface area contributed by atoms with E-state index in [9.17, 15) is 0 Å². The maximum Gasteiger partial charge on any atom is 0.160 e. The number of rotatable bonds is 5. The molecule has 0 aliphatic heterocycles. The van der Waals surface area contributed by atoms with E-state index in [0.717, 1.165) is 94.1 Å². The van der Waals surface area contributed by atoms with Crippen molar-refractivity contribution in [2.75, 3.05) is 0 Å². The monoisotopic (exact) mass is 757 g/mol. The Hall–Kier alpha value is -7.47. The van der Waals surface area contributed by atoms with Gasteiger partial charge in [-0.15, -0.1) is 11.3 Å². The lowest BCUT2D eigenvalue weighted by atomic mass is 9.97. The Morgan fingerprint density at radius 3 is 1.90 bits per heavy atom. The van der Waals surface area contributed by atoms with Crippen LogP contribution >= 0.6 is 11.3 Å². The molecular formula is C53H31N3OS. The molecule has 0 fully saturated rings. The van der Waals surface area contributed by atoms with Gasteiger partial charge in [0.15, 0.2) is 5.82 Å². The SMILES string of the molecule is c1ccc(-c2nc(-c3ccc(-c4ccc5oc6c(ccc7c(-c8ccccc8)nc8ccccc8c76)c5c4)cc3)cc(-c3cccc4sc5ccccc5c34)n2)cc1. The summed E-state index contributed by atoms with van der Waals surface area (Å²) >= 11 is 1.82. The summed E-state index contributed by atoms with van der Waals surface area (Å²) in [5, 5.41) is 7.92. The minimum atomic E-state index is 0.706. The second-order valence-corrected chi connectivity index (χ2v) is 15.8. The number of pyridine rings is 1. The molecule has 0 saturated carbocycles. The third kappa shape index (κ3) is 5.25. The van der Waals surface area contributed by atoms with Crippen molar-refractivity contribution in [3.05, 3.63) is 188 Å². The summed E-state index contributed by atoms with van der Waals surface area (Å²) < 4.78 is 9.26. The topological polar surface area (TPSA) is 51.8 Å².